The van der Waals surface area contributed by atoms with Gasteiger partial charge < -0.3 is 15.7 Å². The summed E-state index contributed by atoms with van der Waals surface area (Å²) in [5, 5.41) is 8.83. The fraction of sp³-hybridized carbons (Fsp3) is 0.0667. The van der Waals surface area contributed by atoms with E-state index in [1.807, 2.05) is 0 Å². The average molecular weight is 288 g/mol. The van der Waals surface area contributed by atoms with E-state index in [1.54, 1.807) is 0 Å². The number of halogens is 1. The van der Waals surface area contributed by atoms with E-state index in [4.69, 9.17) is 10.8 Å². The molecule has 0 saturated heterocycles. The highest BCUT2D eigenvalue weighted by molar-refractivity contribution is 6.09. The summed E-state index contributed by atoms with van der Waals surface area (Å²) in [4.78, 5) is 24.4. The van der Waals surface area contributed by atoms with Gasteiger partial charge in [0.1, 0.15) is 5.82 Å². The Balaban J connectivity index is 2.30. The highest BCUT2D eigenvalue weighted by atomic mass is 19.1. The molecule has 3 N–H and O–H groups in total. The number of aromatic carboxylic acids is 1. The van der Waals surface area contributed by atoms with E-state index >= 15 is 0 Å². The lowest BCUT2D eigenvalue weighted by Crippen LogP contribution is -2.27. The van der Waals surface area contributed by atoms with Crippen LogP contribution in [0.5, 0.6) is 0 Å². The maximum absolute atomic E-state index is 13.2. The highest BCUT2D eigenvalue weighted by Gasteiger charge is 2.17. The number of nitrogens with two attached hydrogens (primary N) is 1. The lowest BCUT2D eigenvalue weighted by Gasteiger charge is -2.18. The number of hydrogen-bond donors (Lipinski definition) is 2. The molecular weight excluding hydrogens is 275 g/mol. The molecule has 0 atom stereocenters. The van der Waals surface area contributed by atoms with Crippen LogP contribution in [-0.2, 0) is 0 Å². The predicted molar refractivity (Wildman–Crippen MR) is 76.9 cm³/mol. The first-order valence-electron chi connectivity index (χ1n) is 6.06. The molecule has 2 aromatic carbocycles. The summed E-state index contributed by atoms with van der Waals surface area (Å²) in [5.41, 5.74) is 6.51. The maximum Gasteiger partial charge on any atom is 0.335 e. The van der Waals surface area contributed by atoms with Crippen LogP contribution in [0, 0.1) is 5.82 Å². The van der Waals surface area contributed by atoms with E-state index in [1.165, 1.54) is 48.3 Å². The van der Waals surface area contributed by atoms with Crippen molar-refractivity contribution in [3.05, 3.63) is 59.4 Å². The van der Waals surface area contributed by atoms with Gasteiger partial charge in [-0.2, -0.15) is 0 Å². The molecule has 0 aliphatic rings. The Kier molecular flexibility index (Phi) is 3.89. The second-order valence-corrected chi connectivity index (χ2v) is 4.45. The van der Waals surface area contributed by atoms with Crippen LogP contribution in [0.15, 0.2) is 42.5 Å². The minimum Gasteiger partial charge on any atom is -0.478 e. The molecule has 108 valence electrons. The monoisotopic (exact) mass is 288 g/mol. The Morgan fingerprint density at radius 2 is 1.76 bits per heavy atom. The van der Waals surface area contributed by atoms with Gasteiger partial charge in [-0.05, 0) is 42.5 Å². The van der Waals surface area contributed by atoms with Crippen molar-refractivity contribution in [3.63, 3.8) is 0 Å². The number of carbonyl (C=O) groups excluding carboxylic acids is 1. The van der Waals surface area contributed by atoms with Gasteiger partial charge in [-0.25, -0.2) is 9.18 Å². The van der Waals surface area contributed by atoms with Crippen molar-refractivity contribution in [2.75, 3.05) is 17.7 Å². The maximum atomic E-state index is 13.2. The summed E-state index contributed by atoms with van der Waals surface area (Å²) in [6, 6.07) is 9.33. The Bertz CT molecular complexity index is 699. The van der Waals surface area contributed by atoms with Gasteiger partial charge in [0.15, 0.2) is 0 Å². The summed E-state index contributed by atoms with van der Waals surface area (Å²) >= 11 is 0. The van der Waals surface area contributed by atoms with Crippen molar-refractivity contribution in [1.29, 1.82) is 0 Å². The van der Waals surface area contributed by atoms with Gasteiger partial charge in [-0.15, -0.1) is 0 Å². The molecule has 0 unspecified atom stereocenters. The SMILES string of the molecule is CN(C(=O)c1cc(F)ccc1N)c1ccc(C(=O)O)cc1. The zero-order chi connectivity index (χ0) is 15.6. The third-order valence-electron chi connectivity index (χ3n) is 3.05. The normalized spacial score (nSPS) is 10.2. The standard InChI is InChI=1S/C15H13FN2O3/c1-18(11-5-2-9(3-6-11)15(20)21)14(19)12-8-10(16)4-7-13(12)17/h2-8H,17H2,1H3,(H,20,21). The van der Waals surface area contributed by atoms with E-state index in [0.29, 0.717) is 5.69 Å². The molecule has 6 heteroatoms. The number of carboxylic acids is 1. The first-order chi connectivity index (χ1) is 9.90. The van der Waals surface area contributed by atoms with E-state index in [-0.39, 0.29) is 16.8 Å². The number of carboxylic acid groups (broad SMARTS) is 1. The van der Waals surface area contributed by atoms with Crippen molar-refractivity contribution < 1.29 is 19.1 Å². The first-order valence-corrected chi connectivity index (χ1v) is 6.06. The number of anilines is 2. The molecule has 0 aromatic heterocycles. The lowest BCUT2D eigenvalue weighted by molar-refractivity contribution is 0.0696. The van der Waals surface area contributed by atoms with Crippen LogP contribution in [0.25, 0.3) is 0 Å². The molecule has 0 saturated carbocycles. The predicted octanol–water partition coefficient (Wildman–Crippen LogP) is 2.38. The lowest BCUT2D eigenvalue weighted by atomic mass is 10.1. The number of rotatable bonds is 3. The summed E-state index contributed by atoms with van der Waals surface area (Å²) in [6.07, 6.45) is 0. The molecule has 5 nitrogen and oxygen atoms in total. The quantitative estimate of drug-likeness (QED) is 0.849. The van der Waals surface area contributed by atoms with Gasteiger partial charge in [0.05, 0.1) is 11.1 Å². The smallest absolute Gasteiger partial charge is 0.335 e. The molecule has 0 bridgehead atoms. The van der Waals surface area contributed by atoms with Crippen LogP contribution in [0.1, 0.15) is 20.7 Å². The number of benzene rings is 2. The second-order valence-electron chi connectivity index (χ2n) is 4.45. The summed E-state index contributed by atoms with van der Waals surface area (Å²) in [7, 11) is 1.50. The van der Waals surface area contributed by atoms with Gasteiger partial charge >= 0.3 is 5.97 Å². The largest absolute Gasteiger partial charge is 0.478 e. The van der Waals surface area contributed by atoms with Crippen LogP contribution < -0.4 is 10.6 Å². The number of amides is 1. The van der Waals surface area contributed by atoms with Gasteiger partial charge in [-0.1, -0.05) is 0 Å². The van der Waals surface area contributed by atoms with Crippen LogP contribution in [0.3, 0.4) is 0 Å². The van der Waals surface area contributed by atoms with Gasteiger partial charge in [0.2, 0.25) is 0 Å². The highest BCUT2D eigenvalue weighted by Crippen LogP contribution is 2.20. The van der Waals surface area contributed by atoms with E-state index < -0.39 is 17.7 Å². The molecule has 1 amide bonds. The Labute approximate surface area is 120 Å². The van der Waals surface area contributed by atoms with Crippen LogP contribution in [0.4, 0.5) is 15.8 Å². The first kappa shape index (κ1) is 14.5. The molecule has 0 aliphatic carbocycles. The second kappa shape index (κ2) is 5.62. The molecule has 21 heavy (non-hydrogen) atoms. The third kappa shape index (κ3) is 3.00. The molecule has 2 aromatic rings. The molecule has 2 rings (SSSR count). The molecular formula is C15H13FN2O3. The van der Waals surface area contributed by atoms with Crippen LogP contribution in [-0.4, -0.2) is 24.0 Å². The van der Waals surface area contributed by atoms with Crippen molar-refractivity contribution in [2.24, 2.45) is 0 Å². The van der Waals surface area contributed by atoms with Crippen molar-refractivity contribution in [2.45, 2.75) is 0 Å². The van der Waals surface area contributed by atoms with Gasteiger partial charge in [0, 0.05) is 18.4 Å². The van der Waals surface area contributed by atoms with Crippen LogP contribution in [0.2, 0.25) is 0 Å². The zero-order valence-corrected chi connectivity index (χ0v) is 11.2. The number of carbonyl (C=O) groups is 2. The minimum atomic E-state index is -1.05. The van der Waals surface area contributed by atoms with E-state index in [9.17, 15) is 14.0 Å². The Morgan fingerprint density at radius 3 is 2.33 bits per heavy atom. The number of hydrogen-bond acceptors (Lipinski definition) is 3. The third-order valence-corrected chi connectivity index (χ3v) is 3.05. The van der Waals surface area contributed by atoms with Crippen molar-refractivity contribution >= 4 is 23.3 Å². The molecule has 0 heterocycles. The number of nitrogen functional groups attached to an aromatic ring is 1. The summed E-state index contributed by atoms with van der Waals surface area (Å²) in [6.45, 7) is 0. The average Bonchev–Trinajstić information content (AvgIpc) is 2.48. The molecule has 0 radical (unpaired) electrons. The fourth-order valence-corrected chi connectivity index (χ4v) is 1.84. The fourth-order valence-electron chi connectivity index (χ4n) is 1.84. The van der Waals surface area contributed by atoms with Crippen molar-refractivity contribution in [3.8, 4) is 0 Å². The Morgan fingerprint density at radius 1 is 1.14 bits per heavy atom. The minimum absolute atomic E-state index is 0.0554. The summed E-state index contributed by atoms with van der Waals surface area (Å²) < 4.78 is 13.2. The van der Waals surface area contributed by atoms with Crippen LogP contribution >= 0.6 is 0 Å². The molecule has 0 spiro atoms. The van der Waals surface area contributed by atoms with Gasteiger partial charge in [-0.3, -0.25) is 4.79 Å². The van der Waals surface area contributed by atoms with E-state index in [2.05, 4.69) is 0 Å². The van der Waals surface area contributed by atoms with Crippen molar-refractivity contribution in [1.82, 2.24) is 0 Å². The molecule has 0 fully saturated rings. The van der Waals surface area contributed by atoms with Gasteiger partial charge in [0.25, 0.3) is 5.91 Å². The topological polar surface area (TPSA) is 83.6 Å². The molecule has 0 aliphatic heterocycles. The zero-order valence-electron chi connectivity index (χ0n) is 11.2. The Hall–Kier alpha value is -2.89. The number of nitrogens with zero attached hydrogens (tertiary/aromatic N) is 1. The van der Waals surface area contributed by atoms with E-state index in [0.717, 1.165) is 6.07 Å². The summed E-state index contributed by atoms with van der Waals surface area (Å²) in [5.74, 6) is -2.08.